The average Bonchev–Trinajstić information content (AvgIpc) is 3.08. The highest BCUT2D eigenvalue weighted by Gasteiger charge is 2.15. The summed E-state index contributed by atoms with van der Waals surface area (Å²) in [6.45, 7) is 0. The maximum absolute atomic E-state index is 9.22. The Balaban J connectivity index is 1.38. The smallest absolute Gasteiger partial charge is 0.220 e. The van der Waals surface area contributed by atoms with Crippen molar-refractivity contribution in [3.8, 4) is 17.2 Å². The van der Waals surface area contributed by atoms with Gasteiger partial charge in [0.05, 0.1) is 11.6 Å². The van der Waals surface area contributed by atoms with Crippen LogP contribution in [-0.4, -0.2) is 24.6 Å². The van der Waals surface area contributed by atoms with E-state index < -0.39 is 0 Å². The van der Waals surface area contributed by atoms with Crippen LogP contribution in [0.1, 0.15) is 16.7 Å². The predicted molar refractivity (Wildman–Crippen MR) is 180 cm³/mol. The molecule has 0 aliphatic heterocycles. The fourth-order valence-corrected chi connectivity index (χ4v) is 5.27. The molecule has 0 saturated carbocycles. The van der Waals surface area contributed by atoms with Crippen molar-refractivity contribution in [3.63, 3.8) is 0 Å². The number of ether oxygens (including phenoxy) is 2. The zero-order valence-electron chi connectivity index (χ0n) is 23.9. The van der Waals surface area contributed by atoms with E-state index in [4.69, 9.17) is 31.1 Å². The Bertz CT molecular complexity index is 2080. The molecule has 0 spiro atoms. The zero-order chi connectivity index (χ0) is 31.3. The van der Waals surface area contributed by atoms with Crippen molar-refractivity contribution in [2.45, 2.75) is 0 Å². The molecule has 0 saturated heterocycles. The molecule has 0 bridgehead atoms. The summed E-state index contributed by atoms with van der Waals surface area (Å²) in [6, 6.07) is 41.4. The van der Waals surface area contributed by atoms with E-state index in [9.17, 15) is 5.26 Å². The van der Waals surface area contributed by atoms with Gasteiger partial charge in [0.15, 0.2) is 12.8 Å². The molecular formula is C37H26N6O2. The number of rotatable bonds is 8. The van der Waals surface area contributed by atoms with Crippen molar-refractivity contribution in [1.29, 1.82) is 26.9 Å². The second kappa shape index (κ2) is 12.3. The minimum atomic E-state index is -0.114. The zero-order valence-corrected chi connectivity index (χ0v) is 23.9. The van der Waals surface area contributed by atoms with Gasteiger partial charge in [0, 0.05) is 28.2 Å². The van der Waals surface area contributed by atoms with Crippen LogP contribution in [0.5, 0.6) is 0 Å². The SMILES string of the molecule is N#Cc1ccc2cc(-c3ccc4cc(N(c5ccc(C(=N)OC=N)cc5)c5ccc(C(=N)OC=N)cc5)ccc4c3)ccc2c1. The third-order valence-electron chi connectivity index (χ3n) is 7.51. The average molecular weight is 587 g/mol. The fourth-order valence-electron chi connectivity index (χ4n) is 5.27. The van der Waals surface area contributed by atoms with E-state index in [2.05, 4.69) is 59.5 Å². The fraction of sp³-hybridized carbons (Fsp3) is 0. The van der Waals surface area contributed by atoms with Gasteiger partial charge in [0.1, 0.15) is 0 Å². The Morgan fingerprint density at radius 1 is 0.533 bits per heavy atom. The highest BCUT2D eigenvalue weighted by atomic mass is 16.5. The molecule has 0 atom stereocenters. The molecule has 0 aliphatic rings. The molecule has 6 aromatic rings. The van der Waals surface area contributed by atoms with Crippen LogP contribution in [0.15, 0.2) is 121 Å². The molecule has 8 heteroatoms. The van der Waals surface area contributed by atoms with Crippen molar-refractivity contribution in [2.24, 2.45) is 0 Å². The number of hydrogen-bond acceptors (Lipinski definition) is 8. The predicted octanol–water partition coefficient (Wildman–Crippen LogP) is 8.90. The Hall–Kier alpha value is -6.59. The number of anilines is 3. The summed E-state index contributed by atoms with van der Waals surface area (Å²) in [6.07, 6.45) is 1.46. The summed E-state index contributed by atoms with van der Waals surface area (Å²) >= 11 is 0. The molecule has 8 nitrogen and oxygen atoms in total. The molecular weight excluding hydrogens is 560 g/mol. The molecule has 0 amide bonds. The number of fused-ring (bicyclic) bond motifs is 2. The Labute approximate surface area is 259 Å². The van der Waals surface area contributed by atoms with Crippen LogP contribution in [0.3, 0.4) is 0 Å². The van der Waals surface area contributed by atoms with Crippen molar-refractivity contribution in [1.82, 2.24) is 0 Å². The normalized spacial score (nSPS) is 10.6. The first-order valence-electron chi connectivity index (χ1n) is 13.9. The summed E-state index contributed by atoms with van der Waals surface area (Å²) in [5, 5.41) is 43.7. The van der Waals surface area contributed by atoms with Crippen molar-refractivity contribution < 1.29 is 9.47 Å². The molecule has 0 unspecified atom stereocenters. The number of nitrogens with zero attached hydrogens (tertiary/aromatic N) is 2. The third kappa shape index (κ3) is 5.87. The molecule has 216 valence electrons. The molecule has 6 rings (SSSR count). The first-order chi connectivity index (χ1) is 22.0. The number of hydrogen-bond donors (Lipinski definition) is 4. The van der Waals surface area contributed by atoms with Crippen LogP contribution in [0.25, 0.3) is 32.7 Å². The van der Waals surface area contributed by atoms with Gasteiger partial charge in [-0.15, -0.1) is 0 Å². The second-order valence-electron chi connectivity index (χ2n) is 10.2. The Kier molecular flexibility index (Phi) is 7.82. The lowest BCUT2D eigenvalue weighted by molar-refractivity contribution is 0.560. The van der Waals surface area contributed by atoms with E-state index in [0.29, 0.717) is 16.7 Å². The summed E-state index contributed by atoms with van der Waals surface area (Å²) in [4.78, 5) is 2.07. The monoisotopic (exact) mass is 586 g/mol. The van der Waals surface area contributed by atoms with E-state index in [1.54, 1.807) is 24.3 Å². The molecule has 0 aromatic heterocycles. The van der Waals surface area contributed by atoms with Crippen LogP contribution >= 0.6 is 0 Å². The van der Waals surface area contributed by atoms with E-state index in [0.717, 1.165) is 62.5 Å². The van der Waals surface area contributed by atoms with Gasteiger partial charge in [-0.2, -0.15) is 5.26 Å². The largest absolute Gasteiger partial charge is 0.428 e. The van der Waals surface area contributed by atoms with Gasteiger partial charge in [-0.05, 0) is 118 Å². The minimum absolute atomic E-state index is 0.114. The van der Waals surface area contributed by atoms with E-state index in [1.807, 2.05) is 48.5 Å². The highest BCUT2D eigenvalue weighted by molar-refractivity contribution is 5.98. The topological polar surface area (TPSA) is 141 Å². The third-order valence-corrected chi connectivity index (χ3v) is 7.51. The summed E-state index contributed by atoms with van der Waals surface area (Å²) < 4.78 is 9.85. The minimum Gasteiger partial charge on any atom is -0.428 e. The van der Waals surface area contributed by atoms with Crippen molar-refractivity contribution >= 4 is 63.2 Å². The molecule has 0 fully saturated rings. The van der Waals surface area contributed by atoms with Gasteiger partial charge in [0.25, 0.3) is 0 Å². The number of nitriles is 1. The van der Waals surface area contributed by atoms with Gasteiger partial charge in [0.2, 0.25) is 11.8 Å². The van der Waals surface area contributed by atoms with Gasteiger partial charge in [-0.3, -0.25) is 21.6 Å². The van der Waals surface area contributed by atoms with Gasteiger partial charge in [-0.1, -0.05) is 36.4 Å². The lowest BCUT2D eigenvalue weighted by Gasteiger charge is -2.26. The molecule has 4 N–H and O–H groups in total. The standard InChI is InChI=1S/C37H26N6O2/c38-21-24-1-2-28-18-29(4-3-27(28)17-24)30-5-6-32-20-35(16-11-31(32)19-30)43(33-12-7-25(8-13-33)36(41)44-22-39)34-14-9-26(10-15-34)37(42)45-23-40/h1-20,22-23,39-42H. The van der Waals surface area contributed by atoms with Crippen LogP contribution in [0.2, 0.25) is 0 Å². The quantitative estimate of drug-likeness (QED) is 0.104. The van der Waals surface area contributed by atoms with Crippen molar-refractivity contribution in [3.05, 3.63) is 138 Å². The summed E-state index contributed by atoms with van der Waals surface area (Å²) in [7, 11) is 0. The summed E-state index contributed by atoms with van der Waals surface area (Å²) in [5.74, 6) is -0.228. The van der Waals surface area contributed by atoms with Crippen LogP contribution in [0.4, 0.5) is 17.1 Å². The van der Waals surface area contributed by atoms with Crippen LogP contribution in [-0.2, 0) is 9.47 Å². The van der Waals surface area contributed by atoms with Crippen LogP contribution < -0.4 is 4.90 Å². The van der Waals surface area contributed by atoms with E-state index in [-0.39, 0.29) is 11.8 Å². The maximum atomic E-state index is 9.22. The van der Waals surface area contributed by atoms with Gasteiger partial charge >= 0.3 is 0 Å². The number of benzene rings is 6. The van der Waals surface area contributed by atoms with Gasteiger partial charge < -0.3 is 14.4 Å². The Morgan fingerprint density at radius 3 is 1.44 bits per heavy atom. The summed E-state index contributed by atoms with van der Waals surface area (Å²) in [5.41, 5.74) is 6.50. The molecule has 6 aromatic carbocycles. The highest BCUT2D eigenvalue weighted by Crippen LogP contribution is 2.37. The molecule has 0 aliphatic carbocycles. The van der Waals surface area contributed by atoms with E-state index >= 15 is 0 Å². The Morgan fingerprint density at radius 2 is 0.956 bits per heavy atom. The molecule has 45 heavy (non-hydrogen) atoms. The van der Waals surface area contributed by atoms with Gasteiger partial charge in [-0.25, -0.2) is 0 Å². The first kappa shape index (κ1) is 28.5. The first-order valence-corrected chi connectivity index (χ1v) is 13.9. The van der Waals surface area contributed by atoms with Crippen molar-refractivity contribution in [2.75, 3.05) is 4.90 Å². The number of nitrogens with one attached hydrogen (secondary N) is 4. The lowest BCUT2D eigenvalue weighted by atomic mass is 9.97. The maximum Gasteiger partial charge on any atom is 0.220 e. The lowest BCUT2D eigenvalue weighted by Crippen LogP contribution is -2.11. The van der Waals surface area contributed by atoms with E-state index in [1.165, 1.54) is 0 Å². The van der Waals surface area contributed by atoms with Crippen LogP contribution in [0, 0.1) is 33.0 Å². The molecule has 0 heterocycles. The molecule has 0 radical (unpaired) electrons. The second-order valence-corrected chi connectivity index (χ2v) is 10.2.